The second kappa shape index (κ2) is 7.74. The van der Waals surface area contributed by atoms with Crippen LogP contribution in [0.2, 0.25) is 0 Å². The molecule has 1 unspecified atom stereocenters. The molecule has 0 heterocycles. The van der Waals surface area contributed by atoms with Gasteiger partial charge >= 0.3 is 0 Å². The van der Waals surface area contributed by atoms with Crippen LogP contribution in [0.1, 0.15) is 5.56 Å². The highest BCUT2D eigenvalue weighted by atomic mass is 79.9. The average Bonchev–Trinajstić information content (AvgIpc) is 2.29. The fraction of sp³-hybridized carbons (Fsp3) is 0.538. The molecule has 0 spiro atoms. The van der Waals surface area contributed by atoms with Crippen molar-refractivity contribution >= 4 is 15.9 Å². The van der Waals surface area contributed by atoms with Crippen molar-refractivity contribution in [2.45, 2.75) is 12.6 Å². The van der Waals surface area contributed by atoms with Crippen molar-refractivity contribution in [2.75, 3.05) is 34.4 Å². The van der Waals surface area contributed by atoms with Gasteiger partial charge in [-0.05, 0) is 25.2 Å². The van der Waals surface area contributed by atoms with Crippen LogP contribution < -0.4 is 4.74 Å². The first-order valence-electron chi connectivity index (χ1n) is 5.74. The number of likely N-dealkylation sites (N-methyl/N-ethyl adjacent to an activating group) is 1. The van der Waals surface area contributed by atoms with Gasteiger partial charge in [0.05, 0.1) is 19.8 Å². The minimum absolute atomic E-state index is 0.347. The molecule has 18 heavy (non-hydrogen) atoms. The van der Waals surface area contributed by atoms with E-state index in [2.05, 4.69) is 15.9 Å². The standard InChI is InChI=1S/C13H20BrNO3/c1-15(8-12(16)9-17-2)7-10-6-11(14)4-5-13(10)18-3/h4-6,12,16H,7-9H2,1-3H3. The molecule has 0 aliphatic rings. The zero-order chi connectivity index (χ0) is 13.5. The zero-order valence-electron chi connectivity index (χ0n) is 11.0. The molecule has 102 valence electrons. The lowest BCUT2D eigenvalue weighted by Gasteiger charge is -2.21. The number of benzene rings is 1. The molecule has 0 aliphatic carbocycles. The number of aliphatic hydroxyl groups excluding tert-OH is 1. The summed E-state index contributed by atoms with van der Waals surface area (Å²) >= 11 is 3.45. The Labute approximate surface area is 117 Å². The van der Waals surface area contributed by atoms with Gasteiger partial charge in [0.2, 0.25) is 0 Å². The first-order valence-corrected chi connectivity index (χ1v) is 6.54. The largest absolute Gasteiger partial charge is 0.496 e. The topological polar surface area (TPSA) is 41.9 Å². The van der Waals surface area contributed by atoms with Gasteiger partial charge in [-0.2, -0.15) is 0 Å². The van der Waals surface area contributed by atoms with Gasteiger partial charge in [0.1, 0.15) is 5.75 Å². The van der Waals surface area contributed by atoms with Crippen molar-refractivity contribution in [1.82, 2.24) is 4.90 Å². The first-order chi connectivity index (χ1) is 8.56. The van der Waals surface area contributed by atoms with Crippen LogP contribution in [0, 0.1) is 0 Å². The van der Waals surface area contributed by atoms with E-state index in [0.29, 0.717) is 19.7 Å². The summed E-state index contributed by atoms with van der Waals surface area (Å²) in [4.78, 5) is 2.04. The van der Waals surface area contributed by atoms with Gasteiger partial charge in [-0.25, -0.2) is 0 Å². The number of halogens is 1. The summed E-state index contributed by atoms with van der Waals surface area (Å²) in [5.74, 6) is 0.853. The summed E-state index contributed by atoms with van der Waals surface area (Å²) in [5, 5.41) is 9.67. The molecule has 5 heteroatoms. The van der Waals surface area contributed by atoms with Crippen LogP contribution in [0.4, 0.5) is 0 Å². The van der Waals surface area contributed by atoms with Crippen LogP contribution in [0.15, 0.2) is 22.7 Å². The Kier molecular flexibility index (Phi) is 6.63. The lowest BCUT2D eigenvalue weighted by atomic mass is 10.2. The second-order valence-electron chi connectivity index (χ2n) is 4.26. The minimum Gasteiger partial charge on any atom is -0.496 e. The summed E-state index contributed by atoms with van der Waals surface area (Å²) in [6, 6.07) is 5.90. The molecule has 1 rings (SSSR count). The van der Waals surface area contributed by atoms with E-state index in [0.717, 1.165) is 15.8 Å². The number of rotatable bonds is 7. The van der Waals surface area contributed by atoms with Crippen LogP contribution in [-0.4, -0.2) is 50.5 Å². The molecule has 1 aromatic carbocycles. The molecule has 0 amide bonds. The fourth-order valence-electron chi connectivity index (χ4n) is 1.83. The predicted molar refractivity (Wildman–Crippen MR) is 74.9 cm³/mol. The van der Waals surface area contributed by atoms with Gasteiger partial charge in [0.25, 0.3) is 0 Å². The van der Waals surface area contributed by atoms with Crippen LogP contribution >= 0.6 is 15.9 Å². The molecule has 1 aromatic rings. The molecule has 1 N–H and O–H groups in total. The van der Waals surface area contributed by atoms with Crippen LogP contribution in [-0.2, 0) is 11.3 Å². The van der Waals surface area contributed by atoms with Gasteiger partial charge in [0.15, 0.2) is 0 Å². The SMILES string of the molecule is COCC(O)CN(C)Cc1cc(Br)ccc1OC. The number of methoxy groups -OCH3 is 2. The normalized spacial score (nSPS) is 12.8. The third kappa shape index (κ3) is 4.94. The summed E-state index contributed by atoms with van der Waals surface area (Å²) < 4.78 is 11.2. The number of hydrogen-bond acceptors (Lipinski definition) is 4. The van der Waals surface area contributed by atoms with Gasteiger partial charge < -0.3 is 14.6 Å². The molecule has 0 bridgehead atoms. The Morgan fingerprint density at radius 1 is 1.39 bits per heavy atom. The average molecular weight is 318 g/mol. The van der Waals surface area contributed by atoms with E-state index in [1.165, 1.54) is 0 Å². The fourth-order valence-corrected chi connectivity index (χ4v) is 2.24. The Morgan fingerprint density at radius 2 is 2.11 bits per heavy atom. The third-order valence-corrected chi connectivity index (χ3v) is 3.06. The number of ether oxygens (including phenoxy) is 2. The summed E-state index contributed by atoms with van der Waals surface area (Å²) in [5.41, 5.74) is 1.08. The Hall–Kier alpha value is -0.620. The first kappa shape index (κ1) is 15.4. The van der Waals surface area contributed by atoms with Crippen molar-refractivity contribution < 1.29 is 14.6 Å². The van der Waals surface area contributed by atoms with Crippen molar-refractivity contribution in [3.05, 3.63) is 28.2 Å². The summed E-state index contributed by atoms with van der Waals surface area (Å²) in [6.45, 7) is 1.62. The Bertz CT molecular complexity index is 373. The summed E-state index contributed by atoms with van der Waals surface area (Å²) in [7, 11) is 5.20. The maximum Gasteiger partial charge on any atom is 0.123 e. The molecule has 0 fully saturated rings. The third-order valence-electron chi connectivity index (χ3n) is 2.56. The number of aliphatic hydroxyl groups is 1. The van der Waals surface area contributed by atoms with Gasteiger partial charge in [0, 0.05) is 30.2 Å². The maximum absolute atomic E-state index is 9.67. The summed E-state index contributed by atoms with van der Waals surface area (Å²) in [6.07, 6.45) is -0.474. The molecule has 0 aromatic heterocycles. The lowest BCUT2D eigenvalue weighted by molar-refractivity contribution is 0.0417. The monoisotopic (exact) mass is 317 g/mol. The second-order valence-corrected chi connectivity index (χ2v) is 5.18. The van der Waals surface area contributed by atoms with Gasteiger partial charge in [-0.3, -0.25) is 4.90 Å². The lowest BCUT2D eigenvalue weighted by Crippen LogP contribution is -2.31. The quantitative estimate of drug-likeness (QED) is 0.834. The van der Waals surface area contributed by atoms with E-state index >= 15 is 0 Å². The Balaban J connectivity index is 2.63. The van der Waals surface area contributed by atoms with Crippen molar-refractivity contribution in [1.29, 1.82) is 0 Å². The zero-order valence-corrected chi connectivity index (χ0v) is 12.6. The Morgan fingerprint density at radius 3 is 2.72 bits per heavy atom. The highest BCUT2D eigenvalue weighted by Crippen LogP contribution is 2.24. The highest BCUT2D eigenvalue weighted by molar-refractivity contribution is 9.10. The number of nitrogens with zero attached hydrogens (tertiary/aromatic N) is 1. The van der Waals surface area contributed by atoms with Crippen molar-refractivity contribution in [2.24, 2.45) is 0 Å². The molecule has 0 saturated carbocycles. The molecular weight excluding hydrogens is 298 g/mol. The molecule has 1 atom stereocenters. The van der Waals surface area contributed by atoms with E-state index in [4.69, 9.17) is 9.47 Å². The maximum atomic E-state index is 9.67. The van der Waals surface area contributed by atoms with Crippen LogP contribution in [0.5, 0.6) is 5.75 Å². The molecule has 4 nitrogen and oxygen atoms in total. The van der Waals surface area contributed by atoms with Crippen molar-refractivity contribution in [3.63, 3.8) is 0 Å². The molecular formula is C13H20BrNO3. The van der Waals surface area contributed by atoms with E-state index in [-0.39, 0.29) is 0 Å². The van der Waals surface area contributed by atoms with Gasteiger partial charge in [-0.15, -0.1) is 0 Å². The van der Waals surface area contributed by atoms with Crippen LogP contribution in [0.3, 0.4) is 0 Å². The molecule has 0 aliphatic heterocycles. The highest BCUT2D eigenvalue weighted by Gasteiger charge is 2.11. The van der Waals surface area contributed by atoms with E-state index in [1.54, 1.807) is 14.2 Å². The molecule has 0 saturated heterocycles. The number of hydrogen-bond donors (Lipinski definition) is 1. The smallest absolute Gasteiger partial charge is 0.123 e. The van der Waals surface area contributed by atoms with Crippen LogP contribution in [0.25, 0.3) is 0 Å². The van der Waals surface area contributed by atoms with Gasteiger partial charge in [-0.1, -0.05) is 15.9 Å². The van der Waals surface area contributed by atoms with Crippen molar-refractivity contribution in [3.8, 4) is 5.75 Å². The van der Waals surface area contributed by atoms with E-state index in [1.807, 2.05) is 30.1 Å². The predicted octanol–water partition coefficient (Wildman–Crippen LogP) is 1.90. The minimum atomic E-state index is -0.474. The van der Waals surface area contributed by atoms with E-state index < -0.39 is 6.10 Å². The molecule has 0 radical (unpaired) electrons. The van der Waals surface area contributed by atoms with E-state index in [9.17, 15) is 5.11 Å².